The van der Waals surface area contributed by atoms with Gasteiger partial charge in [0.2, 0.25) is 5.13 Å². The summed E-state index contributed by atoms with van der Waals surface area (Å²) in [5.74, 6) is 0.0194. The van der Waals surface area contributed by atoms with Gasteiger partial charge < -0.3 is 32.7 Å². The summed E-state index contributed by atoms with van der Waals surface area (Å²) in [6.07, 6.45) is 2.34. The summed E-state index contributed by atoms with van der Waals surface area (Å²) >= 11 is 1.42. The quantitative estimate of drug-likeness (QED) is 0.201. The summed E-state index contributed by atoms with van der Waals surface area (Å²) in [5.41, 5.74) is 16.5. The van der Waals surface area contributed by atoms with Crippen molar-refractivity contribution < 1.29 is 0 Å². The van der Waals surface area contributed by atoms with Crippen molar-refractivity contribution in [1.82, 2.24) is 25.8 Å². The average molecular weight is 536 g/mol. The predicted octanol–water partition coefficient (Wildman–Crippen LogP) is 2.69. The van der Waals surface area contributed by atoms with E-state index in [2.05, 4.69) is 84.7 Å². The number of guanidine groups is 1. The topological polar surface area (TPSA) is 129 Å². The monoisotopic (exact) mass is 535 g/mol. The molecule has 1 aliphatic rings. The van der Waals surface area contributed by atoms with Gasteiger partial charge in [0.1, 0.15) is 0 Å². The summed E-state index contributed by atoms with van der Waals surface area (Å²) in [6.45, 7) is 10.3. The number of aromatic nitrogens is 1. The highest BCUT2D eigenvalue weighted by atomic mass is 32.1. The van der Waals surface area contributed by atoms with E-state index in [-0.39, 0.29) is 5.96 Å². The molecule has 0 unspecified atom stereocenters. The van der Waals surface area contributed by atoms with E-state index < -0.39 is 0 Å². The molecule has 8 N–H and O–H groups in total. The Morgan fingerprint density at radius 1 is 0.842 bits per heavy atom. The van der Waals surface area contributed by atoms with Gasteiger partial charge in [0.05, 0.1) is 5.69 Å². The van der Waals surface area contributed by atoms with Crippen LogP contribution in [-0.2, 0) is 13.1 Å². The number of anilines is 1. The number of nitrogens with one attached hydrogen (secondary N) is 4. The van der Waals surface area contributed by atoms with Crippen LogP contribution < -0.4 is 32.7 Å². The number of aliphatic imine (C=N–C) groups is 1. The fourth-order valence-corrected chi connectivity index (χ4v) is 5.08. The number of nitrogens with two attached hydrogens (primary N) is 2. The van der Waals surface area contributed by atoms with Crippen LogP contribution in [0.5, 0.6) is 0 Å². The van der Waals surface area contributed by atoms with Crippen LogP contribution in [0.3, 0.4) is 0 Å². The molecular formula is C28H41N9S. The van der Waals surface area contributed by atoms with Crippen molar-refractivity contribution in [2.45, 2.75) is 25.9 Å². The van der Waals surface area contributed by atoms with E-state index in [1.165, 1.54) is 35.3 Å². The minimum Gasteiger partial charge on any atom is -0.381 e. The molecule has 0 saturated carbocycles. The highest BCUT2D eigenvalue weighted by Crippen LogP contribution is 2.27. The van der Waals surface area contributed by atoms with Gasteiger partial charge in [-0.15, -0.1) is 11.3 Å². The number of nitrogens with zero attached hydrogens (tertiary/aromatic N) is 3. The smallest absolute Gasteiger partial charge is 0.212 e. The van der Waals surface area contributed by atoms with Gasteiger partial charge in [0.25, 0.3) is 0 Å². The number of thiazole rings is 1. The number of hydrogen-bond acceptors (Lipinski definition) is 8. The van der Waals surface area contributed by atoms with E-state index in [1.807, 2.05) is 5.38 Å². The van der Waals surface area contributed by atoms with Crippen LogP contribution in [0.2, 0.25) is 0 Å². The molecule has 4 rings (SSSR count). The second-order valence-electron chi connectivity index (χ2n) is 9.53. The molecule has 1 saturated heterocycles. The molecular weight excluding hydrogens is 494 g/mol. The lowest BCUT2D eigenvalue weighted by Crippen LogP contribution is -2.36. The van der Waals surface area contributed by atoms with Crippen molar-refractivity contribution in [3.63, 3.8) is 0 Å². The van der Waals surface area contributed by atoms with Gasteiger partial charge in [-0.2, -0.15) is 4.99 Å². The Kier molecular flexibility index (Phi) is 11.4. The molecule has 0 atom stereocenters. The Morgan fingerprint density at radius 2 is 1.53 bits per heavy atom. The van der Waals surface area contributed by atoms with Crippen LogP contribution in [-0.4, -0.2) is 68.2 Å². The molecule has 2 aromatic carbocycles. The molecule has 1 aliphatic heterocycles. The largest absolute Gasteiger partial charge is 0.381 e. The SMILES string of the molecule is NC(N)=Nc1nc(-c2ccc(NCc3ccc(CN4CCCNCCNCCCNCC4)cc3)cc2)cs1. The van der Waals surface area contributed by atoms with Crippen LogP contribution in [0.15, 0.2) is 58.9 Å². The van der Waals surface area contributed by atoms with Crippen molar-refractivity contribution in [2.24, 2.45) is 16.5 Å². The zero-order valence-corrected chi connectivity index (χ0v) is 22.9. The molecule has 0 radical (unpaired) electrons. The van der Waals surface area contributed by atoms with Gasteiger partial charge in [-0.3, -0.25) is 4.90 Å². The summed E-state index contributed by atoms with van der Waals surface area (Å²) in [7, 11) is 0. The van der Waals surface area contributed by atoms with Gasteiger partial charge in [-0.05, 0) is 62.3 Å². The average Bonchev–Trinajstić information content (AvgIpc) is 3.38. The minimum atomic E-state index is 0.0194. The first-order valence-corrected chi connectivity index (χ1v) is 14.4. The van der Waals surface area contributed by atoms with E-state index in [1.54, 1.807) is 0 Å². The minimum absolute atomic E-state index is 0.0194. The third-order valence-electron chi connectivity index (χ3n) is 6.44. The van der Waals surface area contributed by atoms with Crippen molar-refractivity contribution >= 4 is 28.1 Å². The first-order chi connectivity index (χ1) is 18.7. The second kappa shape index (κ2) is 15.4. The second-order valence-corrected chi connectivity index (χ2v) is 10.4. The lowest BCUT2D eigenvalue weighted by molar-refractivity contribution is 0.260. The third kappa shape index (κ3) is 9.70. The normalized spacial score (nSPS) is 16.4. The van der Waals surface area contributed by atoms with Crippen molar-refractivity contribution in [1.29, 1.82) is 0 Å². The van der Waals surface area contributed by atoms with Gasteiger partial charge >= 0.3 is 0 Å². The number of rotatable bonds is 7. The van der Waals surface area contributed by atoms with Crippen LogP contribution >= 0.6 is 11.3 Å². The molecule has 1 fully saturated rings. The van der Waals surface area contributed by atoms with Gasteiger partial charge in [-0.25, -0.2) is 4.98 Å². The molecule has 0 bridgehead atoms. The Morgan fingerprint density at radius 3 is 2.26 bits per heavy atom. The third-order valence-corrected chi connectivity index (χ3v) is 7.18. The maximum atomic E-state index is 5.44. The number of benzene rings is 2. The maximum Gasteiger partial charge on any atom is 0.212 e. The van der Waals surface area contributed by atoms with E-state index >= 15 is 0 Å². The standard InChI is InChI=1S/C28H41N9S/c29-27(30)36-28-35-26(21-38-28)24-7-9-25(10-8-24)34-19-22-3-5-23(6-4-22)20-37-17-2-13-32-15-14-31-11-1-12-33-16-18-37/h3-10,21,31-34H,1-2,11-20H2,(H4,29,30,35,36). The molecule has 3 aromatic rings. The van der Waals surface area contributed by atoms with Crippen molar-refractivity contribution in [3.8, 4) is 11.3 Å². The van der Waals surface area contributed by atoms with Crippen molar-refractivity contribution in [3.05, 3.63) is 65.0 Å². The highest BCUT2D eigenvalue weighted by molar-refractivity contribution is 7.13. The Labute approximate surface area is 230 Å². The van der Waals surface area contributed by atoms with Crippen LogP contribution in [0, 0.1) is 0 Å². The molecule has 2 heterocycles. The summed E-state index contributed by atoms with van der Waals surface area (Å²) in [4.78, 5) is 11.0. The molecule has 0 spiro atoms. The Hall–Kier alpha value is -3.02. The predicted molar refractivity (Wildman–Crippen MR) is 160 cm³/mol. The molecule has 0 amide bonds. The van der Waals surface area contributed by atoms with Crippen molar-refractivity contribution in [2.75, 3.05) is 57.7 Å². The molecule has 10 heteroatoms. The molecule has 0 aliphatic carbocycles. The van der Waals surface area contributed by atoms with Crippen LogP contribution in [0.4, 0.5) is 10.8 Å². The number of hydrogen-bond donors (Lipinski definition) is 6. The lowest BCUT2D eigenvalue weighted by atomic mass is 10.1. The van der Waals surface area contributed by atoms with Gasteiger partial charge in [0, 0.05) is 55.9 Å². The first-order valence-electron chi connectivity index (χ1n) is 13.5. The molecule has 9 nitrogen and oxygen atoms in total. The van der Waals surface area contributed by atoms with Crippen LogP contribution in [0.25, 0.3) is 11.3 Å². The fraction of sp³-hybridized carbons (Fsp3) is 0.429. The zero-order valence-electron chi connectivity index (χ0n) is 22.1. The molecule has 204 valence electrons. The van der Waals surface area contributed by atoms with E-state index in [4.69, 9.17) is 11.5 Å². The maximum absolute atomic E-state index is 5.44. The molecule has 38 heavy (non-hydrogen) atoms. The van der Waals surface area contributed by atoms with Crippen LogP contribution in [0.1, 0.15) is 24.0 Å². The Balaban J connectivity index is 1.25. The Bertz CT molecular complexity index is 1090. The van der Waals surface area contributed by atoms with Gasteiger partial charge in [-0.1, -0.05) is 36.4 Å². The lowest BCUT2D eigenvalue weighted by Gasteiger charge is -2.23. The van der Waals surface area contributed by atoms with E-state index in [9.17, 15) is 0 Å². The molecule has 1 aromatic heterocycles. The summed E-state index contributed by atoms with van der Waals surface area (Å²) < 4.78 is 0. The zero-order chi connectivity index (χ0) is 26.4. The van der Waals surface area contributed by atoms with Gasteiger partial charge in [0.15, 0.2) is 5.96 Å². The van der Waals surface area contributed by atoms with E-state index in [0.29, 0.717) is 5.13 Å². The fourth-order valence-electron chi connectivity index (χ4n) is 4.37. The summed E-state index contributed by atoms with van der Waals surface area (Å²) in [5, 5.41) is 16.7. The highest BCUT2D eigenvalue weighted by Gasteiger charge is 2.08. The first kappa shape index (κ1) is 28.0. The van der Waals surface area contributed by atoms with E-state index in [0.717, 1.165) is 82.4 Å². The summed E-state index contributed by atoms with van der Waals surface area (Å²) in [6, 6.07) is 17.2.